The molecule has 0 saturated carbocycles. The highest BCUT2D eigenvalue weighted by Gasteiger charge is 2.18. The van der Waals surface area contributed by atoms with E-state index in [0.29, 0.717) is 10.7 Å². The second kappa shape index (κ2) is 7.28. The Kier molecular flexibility index (Phi) is 4.90. The number of halogens is 2. The summed E-state index contributed by atoms with van der Waals surface area (Å²) in [6.45, 7) is 0. The van der Waals surface area contributed by atoms with Crippen LogP contribution in [0.15, 0.2) is 60.8 Å². The summed E-state index contributed by atoms with van der Waals surface area (Å²) < 4.78 is 13.2. The van der Waals surface area contributed by atoms with Gasteiger partial charge in [-0.2, -0.15) is 0 Å². The lowest BCUT2D eigenvalue weighted by molar-refractivity contribution is -0.384. The molecule has 0 unspecified atom stereocenters. The van der Waals surface area contributed by atoms with Crippen molar-refractivity contribution in [2.75, 3.05) is 5.32 Å². The SMILES string of the molecule is O=C(Nc1ccc(F)cc1[N+](=O)[O-])c1ccc(-c2ncccc2Cl)cc1. The molecule has 0 spiro atoms. The van der Waals surface area contributed by atoms with Gasteiger partial charge in [0.25, 0.3) is 11.6 Å². The number of aromatic nitrogens is 1. The van der Waals surface area contributed by atoms with Crippen LogP contribution in [0.5, 0.6) is 0 Å². The Morgan fingerprint density at radius 2 is 1.88 bits per heavy atom. The molecule has 0 fully saturated rings. The van der Waals surface area contributed by atoms with Crippen molar-refractivity contribution < 1.29 is 14.1 Å². The zero-order valence-corrected chi connectivity index (χ0v) is 13.9. The van der Waals surface area contributed by atoms with Gasteiger partial charge in [0, 0.05) is 17.3 Å². The zero-order chi connectivity index (χ0) is 18.7. The van der Waals surface area contributed by atoms with Crippen molar-refractivity contribution in [3.63, 3.8) is 0 Å². The summed E-state index contributed by atoms with van der Waals surface area (Å²) in [4.78, 5) is 26.7. The topological polar surface area (TPSA) is 85.1 Å². The predicted molar refractivity (Wildman–Crippen MR) is 95.7 cm³/mol. The fourth-order valence-electron chi connectivity index (χ4n) is 2.33. The number of hydrogen-bond acceptors (Lipinski definition) is 4. The normalized spacial score (nSPS) is 10.4. The Balaban J connectivity index is 1.84. The first-order chi connectivity index (χ1) is 12.5. The van der Waals surface area contributed by atoms with E-state index in [0.717, 1.165) is 23.8 Å². The number of anilines is 1. The van der Waals surface area contributed by atoms with Gasteiger partial charge in [-0.05, 0) is 36.4 Å². The maximum atomic E-state index is 13.2. The monoisotopic (exact) mass is 371 g/mol. The molecule has 3 rings (SSSR count). The van der Waals surface area contributed by atoms with Crippen LogP contribution >= 0.6 is 11.6 Å². The maximum Gasteiger partial charge on any atom is 0.295 e. The van der Waals surface area contributed by atoms with Gasteiger partial charge in [0.15, 0.2) is 0 Å². The molecule has 1 aromatic heterocycles. The molecule has 1 heterocycles. The molecular formula is C18H11ClFN3O3. The van der Waals surface area contributed by atoms with Crippen LogP contribution in [0.3, 0.4) is 0 Å². The van der Waals surface area contributed by atoms with E-state index in [4.69, 9.17) is 11.6 Å². The number of nitrogens with one attached hydrogen (secondary N) is 1. The third-order valence-electron chi connectivity index (χ3n) is 3.58. The summed E-state index contributed by atoms with van der Waals surface area (Å²) in [5.41, 5.74) is 0.975. The van der Waals surface area contributed by atoms with E-state index in [1.807, 2.05) is 0 Å². The number of nitro benzene ring substituents is 1. The first kappa shape index (κ1) is 17.5. The summed E-state index contributed by atoms with van der Waals surface area (Å²) in [6, 6.07) is 12.8. The first-order valence-electron chi connectivity index (χ1n) is 7.42. The van der Waals surface area contributed by atoms with Crippen LogP contribution < -0.4 is 5.32 Å². The minimum absolute atomic E-state index is 0.0850. The van der Waals surface area contributed by atoms with Gasteiger partial charge < -0.3 is 5.32 Å². The minimum Gasteiger partial charge on any atom is -0.316 e. The molecule has 0 saturated heterocycles. The van der Waals surface area contributed by atoms with Crippen LogP contribution in [-0.4, -0.2) is 15.8 Å². The number of amides is 1. The third kappa shape index (κ3) is 3.68. The molecule has 0 radical (unpaired) electrons. The zero-order valence-electron chi connectivity index (χ0n) is 13.1. The van der Waals surface area contributed by atoms with E-state index in [1.165, 1.54) is 0 Å². The summed E-state index contributed by atoms with van der Waals surface area (Å²) >= 11 is 6.09. The highest BCUT2D eigenvalue weighted by molar-refractivity contribution is 6.33. The Morgan fingerprint density at radius 3 is 2.54 bits per heavy atom. The van der Waals surface area contributed by atoms with Gasteiger partial charge in [-0.25, -0.2) is 4.39 Å². The average Bonchev–Trinajstić information content (AvgIpc) is 2.63. The van der Waals surface area contributed by atoms with Crippen molar-refractivity contribution in [2.24, 2.45) is 0 Å². The van der Waals surface area contributed by atoms with E-state index >= 15 is 0 Å². The fraction of sp³-hybridized carbons (Fsp3) is 0. The van der Waals surface area contributed by atoms with Gasteiger partial charge in [0.2, 0.25) is 0 Å². The van der Waals surface area contributed by atoms with Gasteiger partial charge in [0.05, 0.1) is 21.7 Å². The highest BCUT2D eigenvalue weighted by atomic mass is 35.5. The molecule has 0 aliphatic rings. The number of rotatable bonds is 4. The summed E-state index contributed by atoms with van der Waals surface area (Å²) in [7, 11) is 0. The molecule has 0 atom stereocenters. The molecule has 0 bridgehead atoms. The number of nitrogens with zero attached hydrogens (tertiary/aromatic N) is 2. The quantitative estimate of drug-likeness (QED) is 0.532. The van der Waals surface area contributed by atoms with Gasteiger partial charge >= 0.3 is 0 Å². The van der Waals surface area contributed by atoms with Crippen molar-refractivity contribution in [3.8, 4) is 11.3 Å². The molecule has 6 nitrogen and oxygen atoms in total. The second-order valence-corrected chi connectivity index (χ2v) is 5.69. The average molecular weight is 372 g/mol. The maximum absolute atomic E-state index is 13.2. The Hall–Kier alpha value is -3.32. The van der Waals surface area contributed by atoms with Gasteiger partial charge in [-0.15, -0.1) is 0 Å². The van der Waals surface area contributed by atoms with Crippen molar-refractivity contribution in [1.29, 1.82) is 0 Å². The van der Waals surface area contributed by atoms with Crippen LogP contribution in [0.1, 0.15) is 10.4 Å². The number of pyridine rings is 1. The van der Waals surface area contributed by atoms with Gasteiger partial charge in [-0.1, -0.05) is 23.7 Å². The molecule has 26 heavy (non-hydrogen) atoms. The highest BCUT2D eigenvalue weighted by Crippen LogP contribution is 2.27. The molecule has 2 aromatic carbocycles. The first-order valence-corrected chi connectivity index (χ1v) is 7.80. The lowest BCUT2D eigenvalue weighted by atomic mass is 10.1. The van der Waals surface area contributed by atoms with Crippen molar-refractivity contribution in [2.45, 2.75) is 0 Å². The molecule has 0 aliphatic carbocycles. The Bertz CT molecular complexity index is 993. The number of benzene rings is 2. The van der Waals surface area contributed by atoms with E-state index in [2.05, 4.69) is 10.3 Å². The van der Waals surface area contributed by atoms with Gasteiger partial charge in [0.1, 0.15) is 11.5 Å². The molecule has 130 valence electrons. The smallest absolute Gasteiger partial charge is 0.295 e. The number of hydrogen-bond donors (Lipinski definition) is 1. The van der Waals surface area contributed by atoms with Crippen molar-refractivity contribution in [3.05, 3.63) is 87.3 Å². The summed E-state index contributed by atoms with van der Waals surface area (Å²) in [5, 5.41) is 13.9. The molecule has 0 aliphatic heterocycles. The van der Waals surface area contributed by atoms with Crippen LogP contribution in [0.4, 0.5) is 15.8 Å². The lowest BCUT2D eigenvalue weighted by Gasteiger charge is -2.07. The number of carbonyl (C=O) groups excluding carboxylic acids is 1. The standard InChI is InChI=1S/C18H11ClFN3O3/c19-14-2-1-9-21-17(14)11-3-5-12(6-4-11)18(24)22-15-8-7-13(20)10-16(15)23(25)26/h1-10H,(H,22,24). The van der Waals surface area contributed by atoms with E-state index in [9.17, 15) is 19.3 Å². The third-order valence-corrected chi connectivity index (χ3v) is 3.89. The van der Waals surface area contributed by atoms with Crippen LogP contribution in [0, 0.1) is 15.9 Å². The lowest BCUT2D eigenvalue weighted by Crippen LogP contribution is -2.13. The molecular weight excluding hydrogens is 361 g/mol. The van der Waals surface area contributed by atoms with E-state index in [-0.39, 0.29) is 11.3 Å². The van der Waals surface area contributed by atoms with E-state index in [1.54, 1.807) is 42.6 Å². The van der Waals surface area contributed by atoms with Crippen LogP contribution in [-0.2, 0) is 0 Å². The largest absolute Gasteiger partial charge is 0.316 e. The Labute approximate surface area is 152 Å². The molecule has 8 heteroatoms. The van der Waals surface area contributed by atoms with Crippen molar-refractivity contribution >= 4 is 28.9 Å². The second-order valence-electron chi connectivity index (χ2n) is 5.28. The van der Waals surface area contributed by atoms with E-state index < -0.39 is 22.3 Å². The summed E-state index contributed by atoms with van der Waals surface area (Å²) in [6.07, 6.45) is 1.61. The van der Waals surface area contributed by atoms with Gasteiger partial charge in [-0.3, -0.25) is 19.9 Å². The van der Waals surface area contributed by atoms with Crippen molar-refractivity contribution in [1.82, 2.24) is 4.98 Å². The number of nitro groups is 1. The van der Waals surface area contributed by atoms with Crippen LogP contribution in [0.2, 0.25) is 5.02 Å². The fourth-order valence-corrected chi connectivity index (χ4v) is 2.56. The predicted octanol–water partition coefficient (Wildman–Crippen LogP) is 4.70. The Morgan fingerprint density at radius 1 is 1.15 bits per heavy atom. The molecule has 1 amide bonds. The number of carbonyl (C=O) groups is 1. The molecule has 3 aromatic rings. The summed E-state index contributed by atoms with van der Waals surface area (Å²) in [5.74, 6) is -1.32. The molecule has 1 N–H and O–H groups in total. The minimum atomic E-state index is -0.759. The van der Waals surface area contributed by atoms with Crippen LogP contribution in [0.25, 0.3) is 11.3 Å².